The zero-order valence-corrected chi connectivity index (χ0v) is 17.9. The molecule has 1 saturated carbocycles. The van der Waals surface area contributed by atoms with E-state index in [4.69, 9.17) is 5.73 Å². The maximum absolute atomic E-state index is 15.0. The van der Waals surface area contributed by atoms with Gasteiger partial charge in [-0.3, -0.25) is 4.79 Å². The Morgan fingerprint density at radius 1 is 1.31 bits per heavy atom. The normalized spacial score (nSPS) is 22.6. The minimum atomic E-state index is -4.64. The first-order valence-corrected chi connectivity index (χ1v) is 10.6. The Balaban J connectivity index is 1.87. The van der Waals surface area contributed by atoms with Crippen molar-refractivity contribution in [1.29, 1.82) is 0 Å². The monoisotopic (exact) mass is 454 g/mol. The van der Waals surface area contributed by atoms with Gasteiger partial charge in [0.05, 0.1) is 29.1 Å². The predicted octanol–water partition coefficient (Wildman–Crippen LogP) is 3.97. The number of benzene rings is 1. The number of anilines is 1. The summed E-state index contributed by atoms with van der Waals surface area (Å²) in [7, 11) is 0. The number of hydrogen-bond donors (Lipinski definition) is 3. The van der Waals surface area contributed by atoms with E-state index in [-0.39, 0.29) is 28.8 Å². The van der Waals surface area contributed by atoms with Gasteiger partial charge in [0.15, 0.2) is 5.69 Å². The van der Waals surface area contributed by atoms with Gasteiger partial charge >= 0.3 is 6.18 Å². The predicted molar refractivity (Wildman–Crippen MR) is 110 cm³/mol. The molecule has 32 heavy (non-hydrogen) atoms. The molecule has 1 aromatic carbocycles. The molecule has 4 N–H and O–H groups in total. The molecule has 0 radical (unpaired) electrons. The molecule has 4 rings (SSSR count). The number of carbonyl (C=O) groups excluding carboxylic acids is 1. The van der Waals surface area contributed by atoms with E-state index >= 15 is 0 Å². The lowest BCUT2D eigenvalue weighted by Gasteiger charge is -2.30. The molecular weight excluding hydrogens is 428 g/mol. The zero-order chi connectivity index (χ0) is 23.4. The summed E-state index contributed by atoms with van der Waals surface area (Å²) in [5.41, 5.74) is 4.36. The fourth-order valence-electron chi connectivity index (χ4n) is 4.76. The topological polar surface area (TPSA) is 93.2 Å². The van der Waals surface area contributed by atoms with Crippen LogP contribution in [0.25, 0.3) is 5.69 Å². The summed E-state index contributed by atoms with van der Waals surface area (Å²) in [6, 6.07) is 1.94. The Morgan fingerprint density at radius 3 is 2.62 bits per heavy atom. The molecule has 1 heterocycles. The van der Waals surface area contributed by atoms with Crippen molar-refractivity contribution in [3.8, 4) is 5.69 Å². The van der Waals surface area contributed by atoms with Crippen LogP contribution in [-0.2, 0) is 19.0 Å². The molecular formula is C22H26F4N4O2. The zero-order valence-electron chi connectivity index (χ0n) is 17.9. The lowest BCUT2D eigenvalue weighted by Crippen LogP contribution is -2.30. The number of hydrogen-bond acceptors (Lipinski definition) is 4. The maximum atomic E-state index is 15.0. The Morgan fingerprint density at radius 2 is 2.03 bits per heavy atom. The van der Waals surface area contributed by atoms with Crippen molar-refractivity contribution in [2.45, 2.75) is 70.7 Å². The number of aromatic nitrogens is 2. The number of rotatable bonds is 4. The Hall–Kier alpha value is -2.62. The second-order valence-corrected chi connectivity index (χ2v) is 9.49. The SMILES string of the molecule is CC1(C)CCc2c(C(F)(F)F)nn(-c3cc(F)c(C(N)=O)c(N[C@H]4CCC[C@@H]4O)c3)c2C1. The minimum Gasteiger partial charge on any atom is -0.391 e. The van der Waals surface area contributed by atoms with Gasteiger partial charge in [-0.25, -0.2) is 9.07 Å². The number of halogens is 4. The van der Waals surface area contributed by atoms with Crippen molar-refractivity contribution < 1.29 is 27.5 Å². The molecule has 0 aliphatic heterocycles. The van der Waals surface area contributed by atoms with E-state index in [9.17, 15) is 27.5 Å². The molecule has 2 aliphatic rings. The number of nitrogens with two attached hydrogens (primary N) is 1. The number of carbonyl (C=O) groups is 1. The quantitative estimate of drug-likeness (QED) is 0.610. The first-order valence-electron chi connectivity index (χ1n) is 10.6. The minimum absolute atomic E-state index is 0.0336. The first-order chi connectivity index (χ1) is 14.9. The summed E-state index contributed by atoms with van der Waals surface area (Å²) in [5, 5.41) is 16.9. The summed E-state index contributed by atoms with van der Waals surface area (Å²) in [4.78, 5) is 11.9. The number of alkyl halides is 3. The van der Waals surface area contributed by atoms with Crippen LogP contribution in [0.4, 0.5) is 23.2 Å². The number of amides is 1. The highest BCUT2D eigenvalue weighted by atomic mass is 19.4. The molecule has 0 saturated heterocycles. The standard InChI is InChI=1S/C22H26F4N4O2/c1-21(2)7-6-12-16(10-21)30(29-19(12)22(24,25)26)11-8-13(23)18(20(27)32)15(9-11)28-14-4-3-5-17(14)31/h8-9,14,17,28,31H,3-7,10H2,1-2H3,(H2,27,32)/t14-,17-/m0/s1. The molecule has 0 bridgehead atoms. The highest BCUT2D eigenvalue weighted by Crippen LogP contribution is 2.42. The largest absolute Gasteiger partial charge is 0.435 e. The van der Waals surface area contributed by atoms with E-state index in [1.807, 2.05) is 13.8 Å². The molecule has 1 amide bonds. The molecule has 2 atom stereocenters. The lowest BCUT2D eigenvalue weighted by atomic mass is 9.76. The third kappa shape index (κ3) is 4.07. The molecule has 1 fully saturated rings. The van der Waals surface area contributed by atoms with Crippen molar-refractivity contribution in [1.82, 2.24) is 9.78 Å². The van der Waals surface area contributed by atoms with Gasteiger partial charge in [-0.15, -0.1) is 0 Å². The summed E-state index contributed by atoms with van der Waals surface area (Å²) < 4.78 is 57.2. The van der Waals surface area contributed by atoms with Gasteiger partial charge in [0.25, 0.3) is 5.91 Å². The van der Waals surface area contributed by atoms with Gasteiger partial charge in [-0.2, -0.15) is 18.3 Å². The van der Waals surface area contributed by atoms with Crippen molar-refractivity contribution >= 4 is 11.6 Å². The highest BCUT2D eigenvalue weighted by Gasteiger charge is 2.42. The summed E-state index contributed by atoms with van der Waals surface area (Å²) in [6.07, 6.45) is -2.26. The van der Waals surface area contributed by atoms with E-state index in [2.05, 4.69) is 10.4 Å². The van der Waals surface area contributed by atoms with E-state index in [0.717, 1.165) is 17.2 Å². The van der Waals surface area contributed by atoms with E-state index in [0.29, 0.717) is 31.4 Å². The molecule has 0 spiro atoms. The van der Waals surface area contributed by atoms with Gasteiger partial charge in [0.2, 0.25) is 0 Å². The van der Waals surface area contributed by atoms with Crippen molar-refractivity contribution in [3.63, 3.8) is 0 Å². The Bertz CT molecular complexity index is 1060. The average Bonchev–Trinajstić information content (AvgIpc) is 3.23. The van der Waals surface area contributed by atoms with Crippen LogP contribution in [0, 0.1) is 11.2 Å². The summed E-state index contributed by atoms with van der Waals surface area (Å²) in [5.74, 6) is -1.97. The second-order valence-electron chi connectivity index (χ2n) is 9.49. The van der Waals surface area contributed by atoms with Crippen LogP contribution in [0.1, 0.15) is 66.8 Å². The number of primary amides is 1. The third-order valence-electron chi connectivity index (χ3n) is 6.44. The Kier molecular flexibility index (Phi) is 5.47. The molecule has 174 valence electrons. The summed E-state index contributed by atoms with van der Waals surface area (Å²) >= 11 is 0. The number of aliphatic hydroxyl groups excluding tert-OH is 1. The number of aliphatic hydroxyl groups is 1. The van der Waals surface area contributed by atoms with E-state index in [1.165, 1.54) is 6.07 Å². The van der Waals surface area contributed by atoms with Gasteiger partial charge in [-0.05, 0) is 50.0 Å². The van der Waals surface area contributed by atoms with Crippen molar-refractivity contribution in [2.75, 3.05) is 5.32 Å². The first kappa shape index (κ1) is 22.6. The van der Waals surface area contributed by atoms with Crippen LogP contribution in [0.3, 0.4) is 0 Å². The van der Waals surface area contributed by atoms with Crippen LogP contribution in [-0.4, -0.2) is 32.9 Å². The molecule has 2 aliphatic carbocycles. The van der Waals surface area contributed by atoms with Crippen LogP contribution < -0.4 is 11.1 Å². The van der Waals surface area contributed by atoms with E-state index in [1.54, 1.807) is 0 Å². The van der Waals surface area contributed by atoms with Gasteiger partial charge in [0.1, 0.15) is 5.82 Å². The average molecular weight is 454 g/mol. The molecule has 1 aromatic heterocycles. The van der Waals surface area contributed by atoms with Crippen LogP contribution in [0.2, 0.25) is 0 Å². The van der Waals surface area contributed by atoms with Gasteiger partial charge < -0.3 is 16.2 Å². The van der Waals surface area contributed by atoms with Crippen molar-refractivity contribution in [3.05, 3.63) is 40.5 Å². The fraction of sp³-hybridized carbons (Fsp3) is 0.545. The van der Waals surface area contributed by atoms with Crippen molar-refractivity contribution in [2.24, 2.45) is 11.1 Å². The van der Waals surface area contributed by atoms with Crippen LogP contribution >= 0.6 is 0 Å². The molecule has 10 heteroatoms. The lowest BCUT2D eigenvalue weighted by molar-refractivity contribution is -0.142. The smallest absolute Gasteiger partial charge is 0.391 e. The van der Waals surface area contributed by atoms with Crippen LogP contribution in [0.15, 0.2) is 12.1 Å². The number of nitrogens with one attached hydrogen (secondary N) is 1. The Labute approximate surface area is 182 Å². The van der Waals surface area contributed by atoms with Gasteiger partial charge in [-0.1, -0.05) is 13.8 Å². The summed E-state index contributed by atoms with van der Waals surface area (Å²) in [6.45, 7) is 3.93. The van der Waals surface area contributed by atoms with Gasteiger partial charge in [0, 0.05) is 17.3 Å². The maximum Gasteiger partial charge on any atom is 0.435 e. The molecule has 0 unspecified atom stereocenters. The van der Waals surface area contributed by atoms with Crippen LogP contribution in [0.5, 0.6) is 0 Å². The fourth-order valence-corrected chi connectivity index (χ4v) is 4.76. The third-order valence-corrected chi connectivity index (χ3v) is 6.44. The molecule has 2 aromatic rings. The number of nitrogens with zero attached hydrogens (tertiary/aromatic N) is 2. The highest BCUT2D eigenvalue weighted by molar-refractivity contribution is 5.99. The number of fused-ring (bicyclic) bond motifs is 1. The molecule has 6 nitrogen and oxygen atoms in total. The second kappa shape index (κ2) is 7.75. The van der Waals surface area contributed by atoms with E-state index < -0.39 is 41.3 Å².